The Balaban J connectivity index is 3.04. The molecule has 0 aromatic carbocycles. The third-order valence-corrected chi connectivity index (χ3v) is 3.01. The highest BCUT2D eigenvalue weighted by molar-refractivity contribution is 7.90. The topological polar surface area (TPSA) is 60.3 Å². The summed E-state index contributed by atoms with van der Waals surface area (Å²) in [6, 6.07) is -0.259. The summed E-state index contributed by atoms with van der Waals surface area (Å²) in [7, 11) is 3.76. The Morgan fingerprint density at radius 1 is 1.43 bits per heavy atom. The first-order valence-electron chi connectivity index (χ1n) is 6.71. The fraction of sp³-hybridized carbons (Fsp3) is 0.643. The van der Waals surface area contributed by atoms with Crippen LogP contribution < -0.4 is 0 Å². The molecule has 0 saturated heterocycles. The van der Waals surface area contributed by atoms with Gasteiger partial charge in [-0.2, -0.15) is 0 Å². The van der Waals surface area contributed by atoms with Crippen molar-refractivity contribution in [2.24, 2.45) is 0 Å². The SMILES string of the molecule is C=C(S)n1c(C)nnc1[C@H](CC(=O)OC(C)(C)C)N(C)C. The molecule has 1 heterocycles. The molecule has 6 nitrogen and oxygen atoms in total. The molecule has 0 N–H and O–H groups in total. The first kappa shape index (κ1) is 17.7. The van der Waals surface area contributed by atoms with Gasteiger partial charge in [0.1, 0.15) is 11.4 Å². The minimum atomic E-state index is -0.509. The number of esters is 1. The zero-order chi connectivity index (χ0) is 16.4. The zero-order valence-corrected chi connectivity index (χ0v) is 14.4. The van der Waals surface area contributed by atoms with Gasteiger partial charge in [0.05, 0.1) is 17.5 Å². The second-order valence-electron chi connectivity index (χ2n) is 6.13. The van der Waals surface area contributed by atoms with Crippen molar-refractivity contribution < 1.29 is 9.53 Å². The number of thiol groups is 1. The summed E-state index contributed by atoms with van der Waals surface area (Å²) in [5.41, 5.74) is -0.509. The lowest BCUT2D eigenvalue weighted by molar-refractivity contribution is -0.156. The van der Waals surface area contributed by atoms with Gasteiger partial charge in [-0.1, -0.05) is 6.58 Å². The van der Waals surface area contributed by atoms with Crippen molar-refractivity contribution in [2.45, 2.75) is 45.8 Å². The van der Waals surface area contributed by atoms with E-state index < -0.39 is 5.60 Å². The van der Waals surface area contributed by atoms with E-state index in [9.17, 15) is 4.79 Å². The van der Waals surface area contributed by atoms with E-state index in [0.29, 0.717) is 16.7 Å². The smallest absolute Gasteiger partial charge is 0.308 e. The molecule has 0 bridgehead atoms. The maximum absolute atomic E-state index is 12.1. The monoisotopic (exact) mass is 312 g/mol. The molecule has 0 saturated carbocycles. The van der Waals surface area contributed by atoms with Crippen LogP contribution >= 0.6 is 12.6 Å². The Morgan fingerprint density at radius 3 is 2.43 bits per heavy atom. The predicted molar refractivity (Wildman–Crippen MR) is 86.0 cm³/mol. The summed E-state index contributed by atoms with van der Waals surface area (Å²) in [6.45, 7) is 11.2. The number of rotatable bonds is 5. The molecule has 0 radical (unpaired) electrons. The molecule has 0 unspecified atom stereocenters. The van der Waals surface area contributed by atoms with E-state index in [1.54, 1.807) is 4.57 Å². The fourth-order valence-electron chi connectivity index (χ4n) is 1.96. The van der Waals surface area contributed by atoms with Gasteiger partial charge in [0, 0.05) is 0 Å². The highest BCUT2D eigenvalue weighted by Crippen LogP contribution is 2.25. The minimum absolute atomic E-state index is 0.184. The molecule has 1 atom stereocenters. The fourth-order valence-corrected chi connectivity index (χ4v) is 2.21. The molecular weight excluding hydrogens is 288 g/mol. The summed E-state index contributed by atoms with van der Waals surface area (Å²) < 4.78 is 7.12. The molecule has 118 valence electrons. The van der Waals surface area contributed by atoms with Gasteiger partial charge in [-0.3, -0.25) is 14.3 Å². The Morgan fingerprint density at radius 2 is 2.00 bits per heavy atom. The number of aryl methyl sites for hydroxylation is 1. The van der Waals surface area contributed by atoms with Crippen molar-refractivity contribution in [2.75, 3.05) is 14.1 Å². The number of aromatic nitrogens is 3. The van der Waals surface area contributed by atoms with Crippen molar-refractivity contribution in [3.05, 3.63) is 18.2 Å². The van der Waals surface area contributed by atoms with Gasteiger partial charge in [-0.25, -0.2) is 0 Å². The van der Waals surface area contributed by atoms with Crippen molar-refractivity contribution in [3.8, 4) is 0 Å². The third kappa shape index (κ3) is 4.86. The Kier molecular flexibility index (Phi) is 5.58. The van der Waals surface area contributed by atoms with Gasteiger partial charge in [0.15, 0.2) is 5.82 Å². The van der Waals surface area contributed by atoms with Crippen LogP contribution in [-0.4, -0.2) is 45.3 Å². The summed E-state index contributed by atoms with van der Waals surface area (Å²) in [4.78, 5) is 14.0. The van der Waals surface area contributed by atoms with Crippen LogP contribution in [0.15, 0.2) is 6.58 Å². The molecule has 0 aliphatic rings. The Hall–Kier alpha value is -1.34. The van der Waals surface area contributed by atoms with E-state index in [2.05, 4.69) is 29.4 Å². The lowest BCUT2D eigenvalue weighted by atomic mass is 10.1. The molecule has 1 aromatic rings. The molecular formula is C14H24N4O2S. The normalized spacial score (nSPS) is 13.3. The maximum atomic E-state index is 12.1. The van der Waals surface area contributed by atoms with Gasteiger partial charge in [-0.05, 0) is 41.8 Å². The number of carbonyl (C=O) groups is 1. The highest BCUT2D eigenvalue weighted by Gasteiger charge is 2.27. The number of nitrogens with zero attached hydrogens (tertiary/aromatic N) is 4. The van der Waals surface area contributed by atoms with Crippen LogP contribution in [-0.2, 0) is 9.53 Å². The van der Waals surface area contributed by atoms with Crippen LogP contribution in [0.3, 0.4) is 0 Å². The third-order valence-electron chi connectivity index (χ3n) is 2.81. The molecule has 1 aromatic heterocycles. The lowest BCUT2D eigenvalue weighted by Gasteiger charge is -2.26. The van der Waals surface area contributed by atoms with Gasteiger partial charge < -0.3 is 4.74 Å². The van der Waals surface area contributed by atoms with Crippen molar-refractivity contribution in [1.29, 1.82) is 0 Å². The first-order chi connectivity index (χ1) is 9.53. The highest BCUT2D eigenvalue weighted by atomic mass is 32.1. The predicted octanol–water partition coefficient (Wildman–Crippen LogP) is 2.28. The largest absolute Gasteiger partial charge is 0.460 e. The Bertz CT molecular complexity index is 532. The summed E-state index contributed by atoms with van der Waals surface area (Å²) in [5.74, 6) is 1.03. The molecule has 0 aliphatic heterocycles. The van der Waals surface area contributed by atoms with E-state index in [4.69, 9.17) is 4.74 Å². The van der Waals surface area contributed by atoms with Gasteiger partial charge in [-0.15, -0.1) is 22.8 Å². The van der Waals surface area contributed by atoms with Crippen LogP contribution in [0, 0.1) is 6.92 Å². The Labute approximate surface area is 131 Å². The summed E-state index contributed by atoms with van der Waals surface area (Å²) >= 11 is 4.27. The maximum Gasteiger partial charge on any atom is 0.308 e. The lowest BCUT2D eigenvalue weighted by Crippen LogP contribution is -2.30. The number of hydrogen-bond acceptors (Lipinski definition) is 6. The molecule has 0 aliphatic carbocycles. The van der Waals surface area contributed by atoms with E-state index >= 15 is 0 Å². The van der Waals surface area contributed by atoms with E-state index in [0.717, 1.165) is 0 Å². The number of hydrogen-bond donors (Lipinski definition) is 1. The second-order valence-corrected chi connectivity index (χ2v) is 6.64. The van der Waals surface area contributed by atoms with Crippen LogP contribution in [0.5, 0.6) is 0 Å². The van der Waals surface area contributed by atoms with E-state index in [1.165, 1.54) is 0 Å². The molecule has 7 heteroatoms. The second kappa shape index (κ2) is 6.62. The molecule has 1 rings (SSSR count). The molecule has 21 heavy (non-hydrogen) atoms. The quantitative estimate of drug-likeness (QED) is 0.667. The van der Waals surface area contributed by atoms with Gasteiger partial charge in [0.25, 0.3) is 0 Å². The molecule has 0 fully saturated rings. The molecule has 0 spiro atoms. The summed E-state index contributed by atoms with van der Waals surface area (Å²) in [5, 5.41) is 8.73. The average molecular weight is 312 g/mol. The van der Waals surface area contributed by atoms with Gasteiger partial charge in [0.2, 0.25) is 0 Å². The van der Waals surface area contributed by atoms with E-state index in [1.807, 2.05) is 46.7 Å². The zero-order valence-electron chi connectivity index (χ0n) is 13.5. The molecule has 0 amide bonds. The average Bonchev–Trinajstić information content (AvgIpc) is 2.65. The van der Waals surface area contributed by atoms with Crippen molar-refractivity contribution in [3.63, 3.8) is 0 Å². The summed E-state index contributed by atoms with van der Waals surface area (Å²) in [6.07, 6.45) is 0.184. The van der Waals surface area contributed by atoms with Crippen molar-refractivity contribution in [1.82, 2.24) is 19.7 Å². The van der Waals surface area contributed by atoms with Crippen LogP contribution in [0.4, 0.5) is 0 Å². The van der Waals surface area contributed by atoms with Crippen LogP contribution in [0.25, 0.3) is 5.03 Å². The number of ether oxygens (including phenoxy) is 1. The number of carbonyl (C=O) groups excluding carboxylic acids is 1. The van der Waals surface area contributed by atoms with Crippen molar-refractivity contribution >= 4 is 23.6 Å². The minimum Gasteiger partial charge on any atom is -0.460 e. The van der Waals surface area contributed by atoms with Crippen LogP contribution in [0.1, 0.15) is 44.9 Å². The van der Waals surface area contributed by atoms with E-state index in [-0.39, 0.29) is 18.4 Å². The van der Waals surface area contributed by atoms with Gasteiger partial charge >= 0.3 is 5.97 Å². The first-order valence-corrected chi connectivity index (χ1v) is 7.16. The standard InChI is InChI=1S/C14H24N4O2S/c1-9-15-16-13(18(9)10(2)21)11(17(6)7)8-12(19)20-14(3,4)5/h11,21H,2,8H2,1,3-7H3/t11-/m0/s1. The van der Waals surface area contributed by atoms with Crippen LogP contribution in [0.2, 0.25) is 0 Å².